The molecule has 0 spiro atoms. The van der Waals surface area contributed by atoms with Crippen molar-refractivity contribution in [3.63, 3.8) is 0 Å². The zero-order chi connectivity index (χ0) is 9.84. The molecule has 74 valence electrons. The molecule has 1 aliphatic rings. The molecule has 1 aliphatic heterocycles. The van der Waals surface area contributed by atoms with Crippen LogP contribution in [0.4, 0.5) is 0 Å². The lowest BCUT2D eigenvalue weighted by Gasteiger charge is -2.34. The lowest BCUT2D eigenvalue weighted by molar-refractivity contribution is -0.128. The molecular formula is C11H19NO. The van der Waals surface area contributed by atoms with Crippen molar-refractivity contribution in [1.82, 2.24) is 4.90 Å². The van der Waals surface area contributed by atoms with Crippen LogP contribution in [0.3, 0.4) is 0 Å². The predicted octanol–water partition coefficient (Wildman–Crippen LogP) is 2.07. The molecule has 1 saturated heterocycles. The molecular weight excluding hydrogens is 162 g/mol. The van der Waals surface area contributed by atoms with Gasteiger partial charge in [-0.1, -0.05) is 19.9 Å². The van der Waals surface area contributed by atoms with E-state index in [0.29, 0.717) is 11.8 Å². The predicted molar refractivity (Wildman–Crippen MR) is 54.3 cm³/mol. The van der Waals surface area contributed by atoms with Crippen LogP contribution >= 0.6 is 0 Å². The van der Waals surface area contributed by atoms with Gasteiger partial charge in [-0.05, 0) is 31.3 Å². The third-order valence-electron chi connectivity index (χ3n) is 2.49. The number of likely N-dealkylation sites (tertiary alicyclic amines) is 1. The van der Waals surface area contributed by atoms with E-state index in [1.165, 1.54) is 6.42 Å². The van der Waals surface area contributed by atoms with Gasteiger partial charge in [0.2, 0.25) is 5.91 Å². The Morgan fingerprint density at radius 2 is 1.85 bits per heavy atom. The first-order chi connectivity index (χ1) is 6.13. The number of carbonyl (C=O) groups excluding carboxylic acids is 1. The number of nitrogens with zero attached hydrogens (tertiary/aromatic N) is 1. The summed E-state index contributed by atoms with van der Waals surface area (Å²) in [4.78, 5) is 13.5. The molecule has 1 fully saturated rings. The Hall–Kier alpha value is -0.790. The number of carbonyl (C=O) groups is 1. The molecule has 0 bridgehead atoms. The molecule has 0 aromatic heterocycles. The molecule has 1 rings (SSSR count). The first-order valence-corrected chi connectivity index (χ1v) is 5.05. The summed E-state index contributed by atoms with van der Waals surface area (Å²) in [6.07, 6.45) is 4.72. The van der Waals surface area contributed by atoms with Crippen LogP contribution in [-0.2, 0) is 4.79 Å². The first kappa shape index (κ1) is 10.3. The van der Waals surface area contributed by atoms with Crippen LogP contribution in [0.15, 0.2) is 12.2 Å². The fraction of sp³-hybridized carbons (Fsp3) is 0.727. The highest BCUT2D eigenvalue weighted by Gasteiger charge is 2.23. The minimum Gasteiger partial charge on any atom is -0.339 e. The summed E-state index contributed by atoms with van der Waals surface area (Å²) in [5.74, 6) is 1.47. The van der Waals surface area contributed by atoms with Crippen LogP contribution in [0, 0.1) is 11.8 Å². The molecule has 0 N–H and O–H groups in total. The molecule has 2 atom stereocenters. The Balaban J connectivity index is 2.54. The van der Waals surface area contributed by atoms with Crippen LogP contribution in [0.2, 0.25) is 0 Å². The normalized spacial score (nSPS) is 29.6. The Labute approximate surface area is 80.6 Å². The van der Waals surface area contributed by atoms with E-state index in [1.54, 1.807) is 6.08 Å². The Morgan fingerprint density at radius 3 is 2.31 bits per heavy atom. The molecule has 2 nitrogen and oxygen atoms in total. The van der Waals surface area contributed by atoms with Crippen LogP contribution in [0.5, 0.6) is 0 Å². The van der Waals surface area contributed by atoms with E-state index >= 15 is 0 Å². The molecule has 0 radical (unpaired) electrons. The average Bonchev–Trinajstić information content (AvgIpc) is 2.03. The number of hydrogen-bond acceptors (Lipinski definition) is 1. The van der Waals surface area contributed by atoms with Crippen molar-refractivity contribution in [2.45, 2.75) is 27.2 Å². The van der Waals surface area contributed by atoms with E-state index in [2.05, 4.69) is 13.8 Å². The highest BCUT2D eigenvalue weighted by Crippen LogP contribution is 2.20. The first-order valence-electron chi connectivity index (χ1n) is 5.05. The molecule has 0 aliphatic carbocycles. The van der Waals surface area contributed by atoms with E-state index in [4.69, 9.17) is 0 Å². The van der Waals surface area contributed by atoms with Gasteiger partial charge in [0.05, 0.1) is 0 Å². The monoisotopic (exact) mass is 181 g/mol. The lowest BCUT2D eigenvalue weighted by Crippen LogP contribution is -2.41. The Morgan fingerprint density at radius 1 is 1.31 bits per heavy atom. The van der Waals surface area contributed by atoms with Crippen LogP contribution in [-0.4, -0.2) is 23.9 Å². The van der Waals surface area contributed by atoms with Crippen molar-refractivity contribution in [2.75, 3.05) is 13.1 Å². The standard InChI is InChI=1S/C11H19NO/c1-4-5-11(13)12-7-9(2)6-10(3)8-12/h4-5,9-10H,6-8H2,1-3H3. The maximum atomic E-state index is 11.5. The molecule has 1 heterocycles. The van der Waals surface area contributed by atoms with Gasteiger partial charge in [-0.15, -0.1) is 0 Å². The summed E-state index contributed by atoms with van der Waals surface area (Å²) in [6.45, 7) is 8.16. The van der Waals surface area contributed by atoms with Crippen molar-refractivity contribution in [3.8, 4) is 0 Å². The molecule has 2 heteroatoms. The second-order valence-electron chi connectivity index (χ2n) is 4.19. The van der Waals surface area contributed by atoms with Gasteiger partial charge in [-0.25, -0.2) is 0 Å². The molecule has 2 unspecified atom stereocenters. The van der Waals surface area contributed by atoms with Gasteiger partial charge in [0.1, 0.15) is 0 Å². The fourth-order valence-corrected chi connectivity index (χ4v) is 2.09. The average molecular weight is 181 g/mol. The highest BCUT2D eigenvalue weighted by atomic mass is 16.2. The lowest BCUT2D eigenvalue weighted by atomic mass is 9.92. The van der Waals surface area contributed by atoms with Gasteiger partial charge in [0, 0.05) is 13.1 Å². The van der Waals surface area contributed by atoms with Crippen molar-refractivity contribution >= 4 is 5.91 Å². The van der Waals surface area contributed by atoms with Gasteiger partial charge in [0.25, 0.3) is 0 Å². The van der Waals surface area contributed by atoms with Crippen molar-refractivity contribution in [3.05, 3.63) is 12.2 Å². The third kappa shape index (κ3) is 2.87. The van der Waals surface area contributed by atoms with E-state index in [1.807, 2.05) is 17.9 Å². The third-order valence-corrected chi connectivity index (χ3v) is 2.49. The largest absolute Gasteiger partial charge is 0.339 e. The molecule has 0 aromatic rings. The van der Waals surface area contributed by atoms with E-state index < -0.39 is 0 Å². The van der Waals surface area contributed by atoms with Crippen molar-refractivity contribution in [2.24, 2.45) is 11.8 Å². The second-order valence-corrected chi connectivity index (χ2v) is 4.19. The summed E-state index contributed by atoms with van der Waals surface area (Å²) >= 11 is 0. The number of piperidine rings is 1. The van der Waals surface area contributed by atoms with Crippen LogP contribution in [0.25, 0.3) is 0 Å². The zero-order valence-electron chi connectivity index (χ0n) is 8.79. The smallest absolute Gasteiger partial charge is 0.246 e. The SMILES string of the molecule is CC=CC(=O)N1CC(C)CC(C)C1. The summed E-state index contributed by atoms with van der Waals surface area (Å²) in [5.41, 5.74) is 0. The van der Waals surface area contributed by atoms with Crippen molar-refractivity contribution in [1.29, 1.82) is 0 Å². The topological polar surface area (TPSA) is 20.3 Å². The van der Waals surface area contributed by atoms with Crippen molar-refractivity contribution < 1.29 is 4.79 Å². The summed E-state index contributed by atoms with van der Waals surface area (Å²) in [7, 11) is 0. The van der Waals surface area contributed by atoms with E-state index in [0.717, 1.165) is 13.1 Å². The van der Waals surface area contributed by atoms with Gasteiger partial charge in [-0.3, -0.25) is 4.79 Å². The molecule has 13 heavy (non-hydrogen) atoms. The quantitative estimate of drug-likeness (QED) is 0.567. The summed E-state index contributed by atoms with van der Waals surface area (Å²) in [6, 6.07) is 0. The highest BCUT2D eigenvalue weighted by molar-refractivity contribution is 5.87. The summed E-state index contributed by atoms with van der Waals surface area (Å²) in [5, 5.41) is 0. The number of allylic oxidation sites excluding steroid dienone is 1. The molecule has 0 aromatic carbocycles. The van der Waals surface area contributed by atoms with Gasteiger partial charge >= 0.3 is 0 Å². The van der Waals surface area contributed by atoms with Gasteiger partial charge in [-0.2, -0.15) is 0 Å². The molecule has 0 saturated carbocycles. The number of amides is 1. The van der Waals surface area contributed by atoms with Gasteiger partial charge in [0.15, 0.2) is 0 Å². The van der Waals surface area contributed by atoms with Gasteiger partial charge < -0.3 is 4.90 Å². The number of rotatable bonds is 1. The minimum absolute atomic E-state index is 0.167. The molecule has 1 amide bonds. The van der Waals surface area contributed by atoms with E-state index in [9.17, 15) is 4.79 Å². The van der Waals surface area contributed by atoms with Crippen LogP contribution in [0.1, 0.15) is 27.2 Å². The fourth-order valence-electron chi connectivity index (χ4n) is 2.09. The van der Waals surface area contributed by atoms with Crippen LogP contribution < -0.4 is 0 Å². The Kier molecular flexibility index (Phi) is 3.52. The summed E-state index contributed by atoms with van der Waals surface area (Å²) < 4.78 is 0. The zero-order valence-corrected chi connectivity index (χ0v) is 8.79. The maximum Gasteiger partial charge on any atom is 0.246 e. The number of hydrogen-bond donors (Lipinski definition) is 0. The Bertz CT molecular complexity index is 200. The second kappa shape index (κ2) is 4.45. The maximum absolute atomic E-state index is 11.5. The van der Waals surface area contributed by atoms with E-state index in [-0.39, 0.29) is 5.91 Å². The minimum atomic E-state index is 0.167.